The van der Waals surface area contributed by atoms with E-state index in [1.54, 1.807) is 6.20 Å². The van der Waals surface area contributed by atoms with Crippen LogP contribution in [0.3, 0.4) is 0 Å². The van der Waals surface area contributed by atoms with Gasteiger partial charge >= 0.3 is 6.09 Å². The summed E-state index contributed by atoms with van der Waals surface area (Å²) in [6, 6.07) is 0.669. The lowest BCUT2D eigenvalue weighted by Crippen LogP contribution is -2.42. The van der Waals surface area contributed by atoms with Crippen LogP contribution in [0.2, 0.25) is 0 Å². The van der Waals surface area contributed by atoms with Crippen molar-refractivity contribution < 1.29 is 9.53 Å². The summed E-state index contributed by atoms with van der Waals surface area (Å²) in [6.45, 7) is 9.71. The van der Waals surface area contributed by atoms with E-state index in [1.807, 2.05) is 31.9 Å². The quantitative estimate of drug-likeness (QED) is 0.751. The van der Waals surface area contributed by atoms with Crippen molar-refractivity contribution in [3.8, 4) is 0 Å². The summed E-state index contributed by atoms with van der Waals surface area (Å²) in [5.41, 5.74) is -0.431. The number of amides is 1. The molecule has 0 aromatic carbocycles. The Hall–Kier alpha value is -1.56. The minimum atomic E-state index is -0.431. The zero-order chi connectivity index (χ0) is 17.6. The van der Waals surface area contributed by atoms with E-state index >= 15 is 0 Å². The number of carbonyl (C=O) groups excluding carboxylic acids is 1. The van der Waals surface area contributed by atoms with Crippen molar-refractivity contribution in [3.05, 3.63) is 18.2 Å². The molecule has 1 amide bonds. The number of nitrogens with zero attached hydrogens (tertiary/aromatic N) is 2. The summed E-state index contributed by atoms with van der Waals surface area (Å²) in [7, 11) is 0. The number of nitrogens with one attached hydrogen (secondary N) is 2. The summed E-state index contributed by atoms with van der Waals surface area (Å²) in [4.78, 5) is 21.6. The smallest absolute Gasteiger partial charge is 0.410 e. The first kappa shape index (κ1) is 18.8. The van der Waals surface area contributed by atoms with Gasteiger partial charge in [-0.15, -0.1) is 0 Å². The van der Waals surface area contributed by atoms with Crippen molar-refractivity contribution in [2.75, 3.05) is 13.1 Å². The minimum Gasteiger partial charge on any atom is -0.444 e. The predicted molar refractivity (Wildman–Crippen MR) is 95.0 cm³/mol. The molecule has 1 aromatic rings. The third-order valence-electron chi connectivity index (χ3n) is 4.27. The Labute approximate surface area is 145 Å². The average Bonchev–Trinajstić information content (AvgIpc) is 3.13. The van der Waals surface area contributed by atoms with Crippen LogP contribution >= 0.6 is 0 Å². The Kier molecular flexibility index (Phi) is 6.66. The van der Waals surface area contributed by atoms with E-state index in [0.29, 0.717) is 6.04 Å². The molecule has 6 heteroatoms. The van der Waals surface area contributed by atoms with Gasteiger partial charge in [0.25, 0.3) is 0 Å². The normalized spacial score (nSPS) is 19.5. The number of aromatic nitrogens is 2. The van der Waals surface area contributed by atoms with Gasteiger partial charge in [-0.25, -0.2) is 9.78 Å². The predicted octanol–water partition coefficient (Wildman–Crippen LogP) is 3.11. The fraction of sp³-hybridized carbons (Fsp3) is 0.778. The molecular formula is C18H32N4O2. The van der Waals surface area contributed by atoms with Crippen LogP contribution < -0.4 is 5.32 Å². The number of hydrogen-bond donors (Lipinski definition) is 2. The lowest BCUT2D eigenvalue weighted by Gasteiger charge is -2.30. The number of hydrogen-bond acceptors (Lipinski definition) is 4. The highest BCUT2D eigenvalue weighted by atomic mass is 16.6. The molecule has 0 bridgehead atoms. The van der Waals surface area contributed by atoms with E-state index in [-0.39, 0.29) is 12.1 Å². The maximum atomic E-state index is 12.3. The number of imidazole rings is 1. The Morgan fingerprint density at radius 1 is 1.54 bits per heavy atom. The molecule has 1 aliphatic rings. The Morgan fingerprint density at radius 2 is 2.33 bits per heavy atom. The first-order chi connectivity index (χ1) is 11.3. The molecule has 1 aliphatic heterocycles. The summed E-state index contributed by atoms with van der Waals surface area (Å²) in [5, 5.41) is 3.56. The van der Waals surface area contributed by atoms with Gasteiger partial charge in [0.2, 0.25) is 0 Å². The SMILES string of the molecule is CC(CC1CCCN1C(=O)OC(C)(C)C)NCCCc1ncc[nH]1. The highest BCUT2D eigenvalue weighted by Crippen LogP contribution is 2.24. The molecule has 1 aromatic heterocycles. The number of likely N-dealkylation sites (tertiary alicyclic amines) is 1. The Bertz CT molecular complexity index is 496. The number of ether oxygens (including phenoxy) is 1. The lowest BCUT2D eigenvalue weighted by molar-refractivity contribution is 0.0214. The van der Waals surface area contributed by atoms with Crippen LogP contribution in [0.4, 0.5) is 4.79 Å². The second-order valence-corrected chi connectivity index (χ2v) is 7.70. The minimum absolute atomic E-state index is 0.171. The average molecular weight is 336 g/mol. The van der Waals surface area contributed by atoms with Gasteiger partial charge < -0.3 is 19.9 Å². The van der Waals surface area contributed by atoms with Crippen LogP contribution in [0, 0.1) is 0 Å². The molecule has 2 rings (SSSR count). The lowest BCUT2D eigenvalue weighted by atomic mass is 10.1. The van der Waals surface area contributed by atoms with E-state index in [9.17, 15) is 4.79 Å². The van der Waals surface area contributed by atoms with Crippen LogP contribution in [0.15, 0.2) is 12.4 Å². The molecule has 0 radical (unpaired) electrons. The van der Waals surface area contributed by atoms with Gasteiger partial charge in [-0.1, -0.05) is 0 Å². The zero-order valence-electron chi connectivity index (χ0n) is 15.5. The highest BCUT2D eigenvalue weighted by molar-refractivity contribution is 5.68. The van der Waals surface area contributed by atoms with Crippen molar-refractivity contribution in [1.82, 2.24) is 20.2 Å². The standard InChI is InChI=1S/C18H32N4O2/c1-14(19-9-5-8-16-20-10-11-21-16)13-15-7-6-12-22(15)17(23)24-18(2,3)4/h10-11,14-15,19H,5-9,12-13H2,1-4H3,(H,20,21). The summed E-state index contributed by atoms with van der Waals surface area (Å²) >= 11 is 0. The van der Waals surface area contributed by atoms with Crippen LogP contribution in [0.5, 0.6) is 0 Å². The van der Waals surface area contributed by atoms with Gasteiger partial charge in [0.05, 0.1) is 0 Å². The maximum absolute atomic E-state index is 12.3. The molecule has 0 saturated carbocycles. The van der Waals surface area contributed by atoms with Crippen LogP contribution in [0.25, 0.3) is 0 Å². The molecule has 1 saturated heterocycles. The van der Waals surface area contributed by atoms with Crippen LogP contribution in [-0.4, -0.2) is 51.7 Å². The first-order valence-corrected chi connectivity index (χ1v) is 9.06. The number of carbonyl (C=O) groups is 1. The molecule has 6 nitrogen and oxygen atoms in total. The topological polar surface area (TPSA) is 70.2 Å². The molecule has 2 N–H and O–H groups in total. The first-order valence-electron chi connectivity index (χ1n) is 9.06. The number of aryl methyl sites for hydroxylation is 1. The van der Waals surface area contributed by atoms with Gasteiger partial charge in [0.1, 0.15) is 11.4 Å². The van der Waals surface area contributed by atoms with Crippen molar-refractivity contribution in [2.24, 2.45) is 0 Å². The maximum Gasteiger partial charge on any atom is 0.410 e. The van der Waals surface area contributed by atoms with Gasteiger partial charge in [-0.3, -0.25) is 0 Å². The van der Waals surface area contributed by atoms with E-state index in [1.165, 1.54) is 0 Å². The van der Waals surface area contributed by atoms with Crippen molar-refractivity contribution >= 4 is 6.09 Å². The van der Waals surface area contributed by atoms with Crippen LogP contribution in [-0.2, 0) is 11.2 Å². The second kappa shape index (κ2) is 8.51. The van der Waals surface area contributed by atoms with Crippen molar-refractivity contribution in [2.45, 2.75) is 77.5 Å². The molecule has 0 aliphatic carbocycles. The highest BCUT2D eigenvalue weighted by Gasteiger charge is 2.32. The largest absolute Gasteiger partial charge is 0.444 e. The second-order valence-electron chi connectivity index (χ2n) is 7.70. The summed E-state index contributed by atoms with van der Waals surface area (Å²) < 4.78 is 5.53. The summed E-state index contributed by atoms with van der Waals surface area (Å²) in [6.07, 6.45) is 8.59. The number of rotatable bonds is 7. The van der Waals surface area contributed by atoms with Crippen molar-refractivity contribution in [3.63, 3.8) is 0 Å². The Morgan fingerprint density at radius 3 is 3.00 bits per heavy atom. The monoisotopic (exact) mass is 336 g/mol. The number of H-pyrrole nitrogens is 1. The van der Waals surface area contributed by atoms with Gasteiger partial charge in [0.15, 0.2) is 0 Å². The molecule has 2 atom stereocenters. The molecule has 2 unspecified atom stereocenters. The van der Waals surface area contributed by atoms with E-state index < -0.39 is 5.60 Å². The van der Waals surface area contributed by atoms with E-state index in [0.717, 1.165) is 51.0 Å². The third kappa shape index (κ3) is 6.15. The summed E-state index contributed by atoms with van der Waals surface area (Å²) in [5.74, 6) is 1.04. The zero-order valence-corrected chi connectivity index (χ0v) is 15.5. The number of aromatic amines is 1. The van der Waals surface area contributed by atoms with Crippen LogP contribution in [0.1, 0.15) is 59.2 Å². The Balaban J connectivity index is 1.69. The third-order valence-corrected chi connectivity index (χ3v) is 4.27. The van der Waals surface area contributed by atoms with Gasteiger partial charge in [-0.2, -0.15) is 0 Å². The van der Waals surface area contributed by atoms with Gasteiger partial charge in [0, 0.05) is 37.4 Å². The van der Waals surface area contributed by atoms with Gasteiger partial charge in [-0.05, 0) is 59.9 Å². The molecule has 0 spiro atoms. The fourth-order valence-electron chi connectivity index (χ4n) is 3.17. The molecule has 1 fully saturated rings. The molecule has 136 valence electrons. The molecular weight excluding hydrogens is 304 g/mol. The van der Waals surface area contributed by atoms with E-state index in [4.69, 9.17) is 4.74 Å². The van der Waals surface area contributed by atoms with Crippen molar-refractivity contribution in [1.29, 1.82) is 0 Å². The molecule has 2 heterocycles. The fourth-order valence-corrected chi connectivity index (χ4v) is 3.17. The van der Waals surface area contributed by atoms with E-state index in [2.05, 4.69) is 22.2 Å². The molecule has 24 heavy (non-hydrogen) atoms.